The zero-order chi connectivity index (χ0) is 10.3. The van der Waals surface area contributed by atoms with E-state index in [4.69, 9.17) is 5.26 Å². The van der Waals surface area contributed by atoms with Gasteiger partial charge in [0, 0.05) is 24.0 Å². The average molecular weight is 196 g/mol. The van der Waals surface area contributed by atoms with Crippen LogP contribution in [0.2, 0.25) is 0 Å². The average Bonchev–Trinajstić information content (AvgIpc) is 2.72. The lowest BCUT2D eigenvalue weighted by Crippen LogP contribution is -2.38. The lowest BCUT2D eigenvalue weighted by Gasteiger charge is -2.22. The van der Waals surface area contributed by atoms with Gasteiger partial charge in [0.25, 0.3) is 0 Å². The highest BCUT2D eigenvalue weighted by atomic mass is 15.2. The second-order valence-electron chi connectivity index (χ2n) is 4.09. The van der Waals surface area contributed by atoms with Gasteiger partial charge >= 0.3 is 0 Å². The molecule has 0 radical (unpaired) electrons. The van der Waals surface area contributed by atoms with Crippen LogP contribution in [0.15, 0.2) is 24.3 Å². The standard InChI is InChI=1S/C13H12N2/c14-9-11-6-8-15-7-5-10-3-1-2-4-12(10)13(11)15/h1-5,11H,6-8H2. The maximum Gasteiger partial charge on any atom is 0.0884 e. The number of rotatable bonds is 0. The quantitative estimate of drug-likeness (QED) is 0.602. The summed E-state index contributed by atoms with van der Waals surface area (Å²) in [6.45, 7) is 1.99. The summed E-state index contributed by atoms with van der Waals surface area (Å²) >= 11 is 0. The minimum absolute atomic E-state index is 0.0971. The molecule has 2 heteroatoms. The summed E-state index contributed by atoms with van der Waals surface area (Å²) in [6, 6.07) is 10.8. The summed E-state index contributed by atoms with van der Waals surface area (Å²) < 4.78 is 0. The number of nitrogens with zero attached hydrogens (tertiary/aromatic N) is 2. The summed E-state index contributed by atoms with van der Waals surface area (Å²) in [4.78, 5) is 2.33. The molecule has 0 bridgehead atoms. The molecule has 3 rings (SSSR count). The van der Waals surface area contributed by atoms with E-state index in [-0.39, 0.29) is 5.92 Å². The molecule has 15 heavy (non-hydrogen) atoms. The Labute approximate surface area is 88.7 Å². The number of fused-ring (bicyclic) bond motifs is 2. The predicted molar refractivity (Wildman–Crippen MR) is 58.9 cm³/mol. The summed E-state index contributed by atoms with van der Waals surface area (Å²) in [6.07, 6.45) is 3.23. The van der Waals surface area contributed by atoms with E-state index in [0.29, 0.717) is 0 Å². The second-order valence-corrected chi connectivity index (χ2v) is 4.09. The van der Waals surface area contributed by atoms with E-state index in [0.717, 1.165) is 19.5 Å². The Balaban J connectivity index is 2.36. The maximum absolute atomic E-state index is 9.12. The monoisotopic (exact) mass is 196 g/mol. The fourth-order valence-electron chi connectivity index (χ4n) is 2.55. The van der Waals surface area contributed by atoms with Crippen LogP contribution < -0.4 is 10.4 Å². The Morgan fingerprint density at radius 3 is 3.07 bits per heavy atom. The normalized spacial score (nSPS) is 22.7. The largest absolute Gasteiger partial charge is 0.369 e. The van der Waals surface area contributed by atoms with Crippen LogP contribution in [0.3, 0.4) is 0 Å². The minimum Gasteiger partial charge on any atom is -0.369 e. The van der Waals surface area contributed by atoms with Gasteiger partial charge in [-0.25, -0.2) is 0 Å². The zero-order valence-electron chi connectivity index (χ0n) is 8.48. The van der Waals surface area contributed by atoms with Crippen LogP contribution in [0.25, 0.3) is 11.8 Å². The first-order chi connectivity index (χ1) is 7.40. The summed E-state index contributed by atoms with van der Waals surface area (Å²) in [5.41, 5.74) is 1.25. The molecule has 1 aromatic rings. The van der Waals surface area contributed by atoms with Crippen LogP contribution in [-0.4, -0.2) is 18.0 Å². The maximum atomic E-state index is 9.12. The number of benzene rings is 1. The molecule has 0 N–H and O–H groups in total. The van der Waals surface area contributed by atoms with E-state index in [1.165, 1.54) is 16.1 Å². The Hall–Kier alpha value is -1.75. The van der Waals surface area contributed by atoms with Gasteiger partial charge in [0.2, 0.25) is 0 Å². The first-order valence-corrected chi connectivity index (χ1v) is 5.34. The highest BCUT2D eigenvalue weighted by molar-refractivity contribution is 5.57. The predicted octanol–water partition coefficient (Wildman–Crippen LogP) is 0.434. The molecule has 1 saturated heterocycles. The van der Waals surface area contributed by atoms with Crippen LogP contribution in [-0.2, 0) is 0 Å². The molecule has 74 valence electrons. The third-order valence-electron chi connectivity index (χ3n) is 3.28. The van der Waals surface area contributed by atoms with E-state index in [1.54, 1.807) is 0 Å². The van der Waals surface area contributed by atoms with Gasteiger partial charge in [0.15, 0.2) is 0 Å². The number of hydrogen-bond acceptors (Lipinski definition) is 2. The molecule has 1 atom stereocenters. The van der Waals surface area contributed by atoms with Gasteiger partial charge in [-0.05, 0) is 11.6 Å². The van der Waals surface area contributed by atoms with Gasteiger partial charge in [-0.3, -0.25) is 0 Å². The van der Waals surface area contributed by atoms with Gasteiger partial charge in [0.05, 0.1) is 12.0 Å². The fourth-order valence-corrected chi connectivity index (χ4v) is 2.55. The molecular weight excluding hydrogens is 184 g/mol. The molecule has 1 unspecified atom stereocenters. The van der Waals surface area contributed by atoms with Gasteiger partial charge in [-0.1, -0.05) is 30.3 Å². The van der Waals surface area contributed by atoms with Crippen LogP contribution in [0.4, 0.5) is 0 Å². The molecule has 1 aromatic carbocycles. The van der Waals surface area contributed by atoms with Crippen molar-refractivity contribution in [3.63, 3.8) is 0 Å². The molecule has 0 amide bonds. The lowest BCUT2D eigenvalue weighted by atomic mass is 10.0. The molecule has 0 aromatic heterocycles. The van der Waals surface area contributed by atoms with Crippen molar-refractivity contribution in [3.8, 4) is 6.07 Å². The van der Waals surface area contributed by atoms with E-state index in [9.17, 15) is 0 Å². The second kappa shape index (κ2) is 3.13. The topological polar surface area (TPSA) is 27.0 Å². The van der Waals surface area contributed by atoms with Crippen molar-refractivity contribution in [1.82, 2.24) is 4.90 Å². The summed E-state index contributed by atoms with van der Waals surface area (Å²) in [7, 11) is 0. The molecule has 0 spiro atoms. The SMILES string of the molecule is N#CC1CCN2CC=c3ccccc3=C12. The minimum atomic E-state index is 0.0971. The van der Waals surface area contributed by atoms with Gasteiger partial charge in [-0.15, -0.1) is 0 Å². The van der Waals surface area contributed by atoms with Crippen molar-refractivity contribution in [3.05, 3.63) is 34.7 Å². The molecule has 2 nitrogen and oxygen atoms in total. The van der Waals surface area contributed by atoms with Crippen molar-refractivity contribution in [2.75, 3.05) is 13.1 Å². The molecule has 2 aliphatic heterocycles. The first-order valence-electron chi connectivity index (χ1n) is 5.34. The lowest BCUT2D eigenvalue weighted by molar-refractivity contribution is 0.487. The number of nitriles is 1. The van der Waals surface area contributed by atoms with Crippen molar-refractivity contribution in [1.29, 1.82) is 5.26 Å². The van der Waals surface area contributed by atoms with E-state index < -0.39 is 0 Å². The van der Waals surface area contributed by atoms with E-state index in [2.05, 4.69) is 41.3 Å². The molecule has 0 saturated carbocycles. The Bertz CT molecular complexity index is 551. The van der Waals surface area contributed by atoms with Gasteiger partial charge in [-0.2, -0.15) is 5.26 Å². The Morgan fingerprint density at radius 1 is 1.33 bits per heavy atom. The first kappa shape index (κ1) is 8.55. The number of hydrogen-bond donors (Lipinski definition) is 0. The highest BCUT2D eigenvalue weighted by Gasteiger charge is 2.28. The molecule has 2 heterocycles. The molecular formula is C13H12N2. The highest BCUT2D eigenvalue weighted by Crippen LogP contribution is 2.27. The third kappa shape index (κ3) is 1.16. The van der Waals surface area contributed by atoms with Crippen molar-refractivity contribution in [2.45, 2.75) is 6.42 Å². The zero-order valence-corrected chi connectivity index (χ0v) is 8.48. The molecule has 0 aliphatic carbocycles. The third-order valence-corrected chi connectivity index (χ3v) is 3.28. The van der Waals surface area contributed by atoms with Crippen LogP contribution in [0.1, 0.15) is 6.42 Å². The van der Waals surface area contributed by atoms with Crippen molar-refractivity contribution in [2.24, 2.45) is 5.92 Å². The van der Waals surface area contributed by atoms with E-state index in [1.807, 2.05) is 0 Å². The van der Waals surface area contributed by atoms with Crippen molar-refractivity contribution < 1.29 is 0 Å². The van der Waals surface area contributed by atoms with Crippen LogP contribution in [0.5, 0.6) is 0 Å². The van der Waals surface area contributed by atoms with Crippen molar-refractivity contribution >= 4 is 11.8 Å². The van der Waals surface area contributed by atoms with E-state index >= 15 is 0 Å². The van der Waals surface area contributed by atoms with Crippen LogP contribution in [0, 0.1) is 17.2 Å². The summed E-state index contributed by atoms with van der Waals surface area (Å²) in [5, 5.41) is 11.7. The smallest absolute Gasteiger partial charge is 0.0884 e. The fraction of sp³-hybridized carbons (Fsp3) is 0.308. The van der Waals surface area contributed by atoms with Gasteiger partial charge < -0.3 is 4.90 Å². The Morgan fingerprint density at radius 2 is 2.20 bits per heavy atom. The molecule has 1 fully saturated rings. The molecule has 2 aliphatic rings. The summed E-state index contributed by atoms with van der Waals surface area (Å²) in [5.74, 6) is 0.0971. The Kier molecular flexibility index (Phi) is 1.78. The van der Waals surface area contributed by atoms with Crippen LogP contribution >= 0.6 is 0 Å². The van der Waals surface area contributed by atoms with Gasteiger partial charge in [0.1, 0.15) is 0 Å².